The summed E-state index contributed by atoms with van der Waals surface area (Å²) in [6.07, 6.45) is 3.76. The van der Waals surface area contributed by atoms with E-state index in [-0.39, 0.29) is 5.91 Å². The van der Waals surface area contributed by atoms with Gasteiger partial charge in [-0.3, -0.25) is 4.79 Å². The van der Waals surface area contributed by atoms with Crippen LogP contribution in [0.5, 0.6) is 5.75 Å². The predicted molar refractivity (Wildman–Crippen MR) is 138 cm³/mol. The molecule has 5 aromatic rings. The van der Waals surface area contributed by atoms with Crippen molar-refractivity contribution in [1.29, 1.82) is 0 Å². The number of ether oxygens (including phenoxy) is 1. The summed E-state index contributed by atoms with van der Waals surface area (Å²) in [5, 5.41) is 7.33. The molecule has 0 spiro atoms. The maximum absolute atomic E-state index is 12.9. The fourth-order valence-corrected chi connectivity index (χ4v) is 4.19. The molecule has 0 unspecified atom stereocenters. The average Bonchev–Trinajstić information content (AvgIpc) is 3.21. The fourth-order valence-electron chi connectivity index (χ4n) is 4.19. The molecule has 0 saturated carbocycles. The first-order valence-corrected chi connectivity index (χ1v) is 11.2. The van der Waals surface area contributed by atoms with Crippen LogP contribution in [0.15, 0.2) is 96.2 Å². The molecular formula is C29H25N3O2. The van der Waals surface area contributed by atoms with Gasteiger partial charge in [-0.25, -0.2) is 5.43 Å². The molecule has 0 atom stereocenters. The van der Waals surface area contributed by atoms with Gasteiger partial charge < -0.3 is 9.30 Å². The highest BCUT2D eigenvalue weighted by Gasteiger charge is 2.13. The van der Waals surface area contributed by atoms with Crippen LogP contribution >= 0.6 is 0 Å². The van der Waals surface area contributed by atoms with E-state index in [0.29, 0.717) is 11.3 Å². The smallest absolute Gasteiger partial charge is 0.275 e. The number of aryl methyl sites for hydroxylation is 1. The standard InChI is InChI=1S/C29H25N3O2/c1-20-11-13-21(14-12-20)18-32-19-24(25-9-5-6-10-27(25)32)17-30-31-29(33)26-15-22-7-3-4-8-23(22)16-28(26)34-2/h3-17,19H,18H2,1-2H3,(H,31,33)/b30-17-. The topological polar surface area (TPSA) is 55.6 Å². The van der Waals surface area contributed by atoms with Gasteiger partial charge in [-0.2, -0.15) is 5.10 Å². The zero-order valence-corrected chi connectivity index (χ0v) is 19.2. The highest BCUT2D eigenvalue weighted by Crippen LogP contribution is 2.26. The lowest BCUT2D eigenvalue weighted by Crippen LogP contribution is -2.18. The molecular weight excluding hydrogens is 422 g/mol. The summed E-state index contributed by atoms with van der Waals surface area (Å²) < 4.78 is 7.65. The Morgan fingerprint density at radius 1 is 0.971 bits per heavy atom. The quantitative estimate of drug-likeness (QED) is 0.259. The molecule has 4 aromatic carbocycles. The van der Waals surface area contributed by atoms with Crippen molar-refractivity contribution in [3.8, 4) is 5.75 Å². The van der Waals surface area contributed by atoms with Crippen molar-refractivity contribution < 1.29 is 9.53 Å². The summed E-state index contributed by atoms with van der Waals surface area (Å²) in [6, 6.07) is 28.3. The molecule has 0 bridgehead atoms. The molecule has 34 heavy (non-hydrogen) atoms. The number of aromatic nitrogens is 1. The Morgan fingerprint density at radius 2 is 1.68 bits per heavy atom. The van der Waals surface area contributed by atoms with Crippen molar-refractivity contribution in [3.63, 3.8) is 0 Å². The highest BCUT2D eigenvalue weighted by atomic mass is 16.5. The van der Waals surface area contributed by atoms with E-state index in [1.54, 1.807) is 13.3 Å². The Balaban J connectivity index is 1.40. The summed E-state index contributed by atoms with van der Waals surface area (Å²) in [7, 11) is 1.56. The highest BCUT2D eigenvalue weighted by molar-refractivity contribution is 6.03. The number of hydrogen-bond acceptors (Lipinski definition) is 3. The Labute approximate surface area is 198 Å². The molecule has 1 heterocycles. The van der Waals surface area contributed by atoms with Crippen LogP contribution in [0, 0.1) is 6.92 Å². The van der Waals surface area contributed by atoms with Gasteiger partial charge in [0.2, 0.25) is 0 Å². The normalized spacial score (nSPS) is 11.4. The molecule has 0 fully saturated rings. The fraction of sp³-hybridized carbons (Fsp3) is 0.103. The van der Waals surface area contributed by atoms with Gasteiger partial charge in [-0.1, -0.05) is 72.3 Å². The van der Waals surface area contributed by atoms with Crippen LogP contribution in [0.2, 0.25) is 0 Å². The number of hydrazone groups is 1. The number of hydrogen-bond donors (Lipinski definition) is 1. The minimum Gasteiger partial charge on any atom is -0.496 e. The molecule has 5 heteroatoms. The van der Waals surface area contributed by atoms with Gasteiger partial charge in [0.15, 0.2) is 0 Å². The number of benzene rings is 4. The van der Waals surface area contributed by atoms with Gasteiger partial charge in [-0.15, -0.1) is 0 Å². The number of rotatable bonds is 6. The molecule has 0 saturated heterocycles. The second-order valence-electron chi connectivity index (χ2n) is 8.31. The van der Waals surface area contributed by atoms with Crippen LogP contribution in [-0.4, -0.2) is 23.8 Å². The third-order valence-electron chi connectivity index (χ3n) is 5.98. The van der Waals surface area contributed by atoms with E-state index < -0.39 is 0 Å². The molecule has 1 N–H and O–H groups in total. The minimum absolute atomic E-state index is 0.317. The Hall–Kier alpha value is -4.38. The zero-order valence-electron chi connectivity index (χ0n) is 19.2. The zero-order chi connectivity index (χ0) is 23.5. The molecule has 0 aliphatic carbocycles. The predicted octanol–water partition coefficient (Wildman–Crippen LogP) is 5.92. The Morgan fingerprint density at radius 3 is 2.44 bits per heavy atom. The lowest BCUT2D eigenvalue weighted by atomic mass is 10.1. The number of methoxy groups -OCH3 is 1. The van der Waals surface area contributed by atoms with Crippen LogP contribution in [0.4, 0.5) is 0 Å². The second-order valence-corrected chi connectivity index (χ2v) is 8.31. The van der Waals surface area contributed by atoms with Crippen LogP contribution in [-0.2, 0) is 6.54 Å². The summed E-state index contributed by atoms with van der Waals surface area (Å²) in [5.41, 5.74) is 7.63. The van der Waals surface area contributed by atoms with E-state index in [2.05, 4.69) is 64.6 Å². The minimum atomic E-state index is -0.317. The van der Waals surface area contributed by atoms with Gasteiger partial charge in [0.25, 0.3) is 5.91 Å². The van der Waals surface area contributed by atoms with Crippen molar-refractivity contribution in [3.05, 3.63) is 113 Å². The van der Waals surface area contributed by atoms with Crippen molar-refractivity contribution >= 4 is 33.8 Å². The first kappa shape index (κ1) is 21.5. The third kappa shape index (κ3) is 4.28. The summed E-state index contributed by atoms with van der Waals surface area (Å²) in [4.78, 5) is 12.9. The average molecular weight is 448 g/mol. The van der Waals surface area contributed by atoms with Gasteiger partial charge in [-0.05, 0) is 41.5 Å². The summed E-state index contributed by atoms with van der Waals surface area (Å²) in [6.45, 7) is 2.85. The van der Waals surface area contributed by atoms with Crippen LogP contribution < -0.4 is 10.2 Å². The van der Waals surface area contributed by atoms with E-state index in [9.17, 15) is 4.79 Å². The Kier molecular flexibility index (Phi) is 5.83. The first-order chi connectivity index (χ1) is 16.6. The maximum atomic E-state index is 12.9. The number of carbonyl (C=O) groups is 1. The van der Waals surface area contributed by atoms with Crippen molar-refractivity contribution in [1.82, 2.24) is 9.99 Å². The molecule has 0 radical (unpaired) electrons. The van der Waals surface area contributed by atoms with Crippen molar-refractivity contribution in [2.24, 2.45) is 5.10 Å². The summed E-state index contributed by atoms with van der Waals surface area (Å²) >= 11 is 0. The third-order valence-corrected chi connectivity index (χ3v) is 5.98. The summed E-state index contributed by atoms with van der Waals surface area (Å²) in [5.74, 6) is 0.198. The molecule has 5 rings (SSSR count). The molecule has 5 nitrogen and oxygen atoms in total. The number of para-hydroxylation sites is 1. The molecule has 0 aliphatic rings. The van der Waals surface area contributed by atoms with Crippen LogP contribution in [0.1, 0.15) is 27.0 Å². The number of carbonyl (C=O) groups excluding carboxylic acids is 1. The number of nitrogens with one attached hydrogen (secondary N) is 1. The second kappa shape index (κ2) is 9.24. The van der Waals surface area contributed by atoms with Gasteiger partial charge in [0, 0.05) is 29.2 Å². The first-order valence-electron chi connectivity index (χ1n) is 11.2. The van der Waals surface area contributed by atoms with Gasteiger partial charge in [0.05, 0.1) is 18.9 Å². The van der Waals surface area contributed by atoms with Crippen molar-refractivity contribution in [2.45, 2.75) is 13.5 Å². The Bertz CT molecular complexity index is 1510. The molecule has 168 valence electrons. The largest absolute Gasteiger partial charge is 0.496 e. The molecule has 1 aromatic heterocycles. The molecule has 0 aliphatic heterocycles. The molecule has 1 amide bonds. The van der Waals surface area contributed by atoms with E-state index in [0.717, 1.165) is 33.8 Å². The van der Waals surface area contributed by atoms with Crippen LogP contribution in [0.25, 0.3) is 21.7 Å². The van der Waals surface area contributed by atoms with E-state index in [4.69, 9.17) is 4.74 Å². The van der Waals surface area contributed by atoms with Gasteiger partial charge in [0.1, 0.15) is 5.75 Å². The number of fused-ring (bicyclic) bond motifs is 2. The van der Waals surface area contributed by atoms with Crippen LogP contribution in [0.3, 0.4) is 0 Å². The van der Waals surface area contributed by atoms with E-state index in [1.807, 2.05) is 48.5 Å². The van der Waals surface area contributed by atoms with Crippen molar-refractivity contribution in [2.75, 3.05) is 7.11 Å². The lowest BCUT2D eigenvalue weighted by molar-refractivity contribution is 0.0952. The number of amides is 1. The van der Waals surface area contributed by atoms with Gasteiger partial charge >= 0.3 is 0 Å². The number of nitrogens with zero attached hydrogens (tertiary/aromatic N) is 2. The SMILES string of the molecule is COc1cc2ccccc2cc1C(=O)N/N=C\c1cn(Cc2ccc(C)cc2)c2ccccc12. The van der Waals surface area contributed by atoms with E-state index >= 15 is 0 Å². The maximum Gasteiger partial charge on any atom is 0.275 e. The van der Waals surface area contributed by atoms with E-state index in [1.165, 1.54) is 11.1 Å². The lowest BCUT2D eigenvalue weighted by Gasteiger charge is -2.09. The monoisotopic (exact) mass is 447 g/mol.